The third-order valence-electron chi connectivity index (χ3n) is 4.12. The molecule has 0 amide bonds. The molecule has 0 bridgehead atoms. The summed E-state index contributed by atoms with van der Waals surface area (Å²) in [5.74, 6) is -0.158. The Morgan fingerprint density at radius 2 is 1.80 bits per heavy atom. The zero-order valence-corrected chi connectivity index (χ0v) is 13.5. The van der Waals surface area contributed by atoms with E-state index in [1.54, 1.807) is 12.3 Å². The maximum absolute atomic E-state index is 10.9. The van der Waals surface area contributed by atoms with Crippen LogP contribution in [0.15, 0.2) is 67.1 Å². The number of aryl methyl sites for hydroxylation is 1. The first-order chi connectivity index (χ1) is 12.1. The van der Waals surface area contributed by atoms with Gasteiger partial charge in [0.1, 0.15) is 11.5 Å². The van der Waals surface area contributed by atoms with Gasteiger partial charge in [-0.05, 0) is 30.7 Å². The summed E-state index contributed by atoms with van der Waals surface area (Å²) in [5.41, 5.74) is 5.07. The molecule has 4 aromatic rings. The first-order valence-electron chi connectivity index (χ1n) is 7.86. The van der Waals surface area contributed by atoms with Crippen molar-refractivity contribution in [2.45, 2.75) is 6.92 Å². The number of aromatic nitrogens is 3. The fourth-order valence-electron chi connectivity index (χ4n) is 2.85. The summed E-state index contributed by atoms with van der Waals surface area (Å²) >= 11 is 0. The fraction of sp³-hybridized carbons (Fsp3) is 0.0500. The first kappa shape index (κ1) is 15.1. The van der Waals surface area contributed by atoms with Crippen LogP contribution < -0.4 is 0 Å². The highest BCUT2D eigenvalue weighted by Crippen LogP contribution is 2.25. The highest BCUT2D eigenvalue weighted by molar-refractivity contribution is 5.85. The van der Waals surface area contributed by atoms with E-state index in [0.717, 1.165) is 28.0 Å². The van der Waals surface area contributed by atoms with E-state index in [0.29, 0.717) is 0 Å². The van der Waals surface area contributed by atoms with Crippen LogP contribution >= 0.6 is 0 Å². The number of carboxylic acids is 1. The molecule has 0 aliphatic carbocycles. The van der Waals surface area contributed by atoms with Crippen LogP contribution in [-0.4, -0.2) is 25.4 Å². The Hall–Kier alpha value is -3.47. The molecular weight excluding hydrogens is 314 g/mol. The summed E-state index contributed by atoms with van der Waals surface area (Å²) in [4.78, 5) is 19.5. The Kier molecular flexibility index (Phi) is 3.54. The maximum Gasteiger partial charge on any atom is 0.354 e. The van der Waals surface area contributed by atoms with Gasteiger partial charge in [0, 0.05) is 23.5 Å². The van der Waals surface area contributed by atoms with Crippen LogP contribution in [-0.2, 0) is 0 Å². The molecule has 0 atom stereocenters. The molecular formula is C20H15N3O2. The Bertz CT molecular complexity index is 1080. The van der Waals surface area contributed by atoms with Gasteiger partial charge in [-0.3, -0.25) is 4.40 Å². The number of fused-ring (bicyclic) bond motifs is 1. The normalized spacial score (nSPS) is 10.9. The Labute approximate surface area is 144 Å². The molecule has 0 radical (unpaired) electrons. The van der Waals surface area contributed by atoms with E-state index in [9.17, 15) is 4.79 Å². The lowest BCUT2D eigenvalue weighted by atomic mass is 10.1. The topological polar surface area (TPSA) is 67.5 Å². The number of rotatable bonds is 3. The summed E-state index contributed by atoms with van der Waals surface area (Å²) in [6, 6.07) is 15.5. The molecule has 3 aromatic heterocycles. The van der Waals surface area contributed by atoms with Gasteiger partial charge in [0.25, 0.3) is 0 Å². The van der Waals surface area contributed by atoms with Crippen LogP contribution in [0, 0.1) is 6.92 Å². The molecule has 5 heteroatoms. The number of benzene rings is 1. The van der Waals surface area contributed by atoms with E-state index in [1.807, 2.05) is 41.1 Å². The van der Waals surface area contributed by atoms with Gasteiger partial charge >= 0.3 is 5.97 Å². The van der Waals surface area contributed by atoms with Gasteiger partial charge in [-0.2, -0.15) is 0 Å². The molecule has 4 rings (SSSR count). The minimum absolute atomic E-state index is 0.0351. The number of carbonyl (C=O) groups is 1. The third-order valence-corrected chi connectivity index (χ3v) is 4.12. The zero-order valence-electron chi connectivity index (χ0n) is 13.5. The molecule has 1 aromatic carbocycles. The molecule has 0 spiro atoms. The van der Waals surface area contributed by atoms with Crippen molar-refractivity contribution in [3.63, 3.8) is 0 Å². The average Bonchev–Trinajstić information content (AvgIpc) is 3.05. The number of aromatic carboxylic acids is 1. The van der Waals surface area contributed by atoms with Crippen molar-refractivity contribution in [1.82, 2.24) is 14.4 Å². The second-order valence-corrected chi connectivity index (χ2v) is 5.90. The van der Waals surface area contributed by atoms with E-state index in [-0.39, 0.29) is 5.69 Å². The second-order valence-electron chi connectivity index (χ2n) is 5.90. The Morgan fingerprint density at radius 1 is 0.960 bits per heavy atom. The molecule has 0 aliphatic rings. The van der Waals surface area contributed by atoms with Gasteiger partial charge in [0.05, 0.1) is 11.7 Å². The van der Waals surface area contributed by atoms with Gasteiger partial charge < -0.3 is 5.11 Å². The molecule has 1 N–H and O–H groups in total. The van der Waals surface area contributed by atoms with Crippen molar-refractivity contribution in [3.8, 4) is 22.5 Å². The molecule has 0 saturated carbocycles. The number of imidazole rings is 1. The highest BCUT2D eigenvalue weighted by Gasteiger charge is 2.09. The predicted octanol–water partition coefficient (Wildman–Crippen LogP) is 4.07. The van der Waals surface area contributed by atoms with Crippen molar-refractivity contribution in [2.24, 2.45) is 0 Å². The van der Waals surface area contributed by atoms with E-state index in [1.165, 1.54) is 11.6 Å². The zero-order chi connectivity index (χ0) is 17.4. The van der Waals surface area contributed by atoms with Crippen molar-refractivity contribution in [2.75, 3.05) is 0 Å². The second kappa shape index (κ2) is 5.87. The van der Waals surface area contributed by atoms with Crippen molar-refractivity contribution in [1.29, 1.82) is 0 Å². The summed E-state index contributed by atoms with van der Waals surface area (Å²) in [5, 5.41) is 8.97. The summed E-state index contributed by atoms with van der Waals surface area (Å²) in [6.45, 7) is 2.06. The lowest BCUT2D eigenvalue weighted by Crippen LogP contribution is -1.99. The quantitative estimate of drug-likeness (QED) is 0.615. The van der Waals surface area contributed by atoms with Gasteiger partial charge in [0.15, 0.2) is 0 Å². The molecule has 3 heterocycles. The van der Waals surface area contributed by atoms with Crippen LogP contribution in [0.4, 0.5) is 0 Å². The van der Waals surface area contributed by atoms with E-state index in [2.05, 4.69) is 29.0 Å². The monoisotopic (exact) mass is 329 g/mol. The smallest absolute Gasteiger partial charge is 0.354 e. The molecule has 0 aliphatic heterocycles. The van der Waals surface area contributed by atoms with Gasteiger partial charge in [-0.15, -0.1) is 0 Å². The summed E-state index contributed by atoms with van der Waals surface area (Å²) in [6.07, 6.45) is 5.42. The number of nitrogens with zero attached hydrogens (tertiary/aromatic N) is 3. The van der Waals surface area contributed by atoms with E-state index < -0.39 is 5.97 Å². The predicted molar refractivity (Wildman–Crippen MR) is 95.6 cm³/mol. The fourth-order valence-corrected chi connectivity index (χ4v) is 2.85. The van der Waals surface area contributed by atoms with Crippen LogP contribution in [0.3, 0.4) is 0 Å². The van der Waals surface area contributed by atoms with E-state index in [4.69, 9.17) is 5.11 Å². The highest BCUT2D eigenvalue weighted by atomic mass is 16.4. The molecule has 0 fully saturated rings. The van der Waals surface area contributed by atoms with Gasteiger partial charge in [0.2, 0.25) is 0 Å². The molecule has 0 saturated heterocycles. The minimum atomic E-state index is -1.03. The molecule has 122 valence electrons. The first-order valence-corrected chi connectivity index (χ1v) is 7.86. The molecule has 25 heavy (non-hydrogen) atoms. The largest absolute Gasteiger partial charge is 0.477 e. The van der Waals surface area contributed by atoms with Gasteiger partial charge in [-0.25, -0.2) is 14.8 Å². The molecule has 0 unspecified atom stereocenters. The van der Waals surface area contributed by atoms with Crippen molar-refractivity contribution < 1.29 is 9.90 Å². The SMILES string of the molecule is Cc1cccc(-c2ncc3ccc(-c4ccc(C(=O)O)nc4)cn23)c1. The Morgan fingerprint density at radius 3 is 2.52 bits per heavy atom. The lowest BCUT2D eigenvalue weighted by Gasteiger charge is -2.06. The Balaban J connectivity index is 1.82. The average molecular weight is 329 g/mol. The summed E-state index contributed by atoms with van der Waals surface area (Å²) < 4.78 is 2.04. The van der Waals surface area contributed by atoms with Crippen molar-refractivity contribution in [3.05, 3.63) is 78.4 Å². The third kappa shape index (κ3) is 2.76. The number of hydrogen-bond donors (Lipinski definition) is 1. The minimum Gasteiger partial charge on any atom is -0.477 e. The number of hydrogen-bond acceptors (Lipinski definition) is 3. The standard InChI is InChI=1S/C20H15N3O2/c1-13-3-2-4-14(9-13)19-22-11-17-7-5-16(12-23(17)19)15-6-8-18(20(24)25)21-10-15/h2-12H,1H3,(H,24,25). The van der Waals surface area contributed by atoms with Crippen LogP contribution in [0.2, 0.25) is 0 Å². The maximum atomic E-state index is 10.9. The van der Waals surface area contributed by atoms with Crippen molar-refractivity contribution >= 4 is 11.5 Å². The van der Waals surface area contributed by atoms with Crippen LogP contribution in [0.25, 0.3) is 28.0 Å². The van der Waals surface area contributed by atoms with Gasteiger partial charge in [-0.1, -0.05) is 35.9 Å². The van der Waals surface area contributed by atoms with E-state index >= 15 is 0 Å². The number of carboxylic acid groups (broad SMARTS) is 1. The number of pyridine rings is 2. The van der Waals surface area contributed by atoms with Crippen LogP contribution in [0.1, 0.15) is 16.1 Å². The molecule has 5 nitrogen and oxygen atoms in total. The lowest BCUT2D eigenvalue weighted by molar-refractivity contribution is 0.0690. The van der Waals surface area contributed by atoms with Crippen LogP contribution in [0.5, 0.6) is 0 Å². The summed E-state index contributed by atoms with van der Waals surface area (Å²) in [7, 11) is 0.